The van der Waals surface area contributed by atoms with Gasteiger partial charge in [-0.2, -0.15) is 0 Å². The van der Waals surface area contributed by atoms with Crippen LogP contribution in [0.2, 0.25) is 0 Å². The van der Waals surface area contributed by atoms with Gasteiger partial charge in [0.05, 0.1) is 12.5 Å². The smallest absolute Gasteiger partial charge is 0.226 e. The molecule has 5 nitrogen and oxygen atoms in total. The van der Waals surface area contributed by atoms with Crippen LogP contribution in [0.4, 0.5) is 4.39 Å². The van der Waals surface area contributed by atoms with E-state index in [9.17, 15) is 14.0 Å². The predicted octanol–water partition coefficient (Wildman–Crippen LogP) is 1.51. The van der Waals surface area contributed by atoms with Crippen molar-refractivity contribution in [2.45, 2.75) is 37.3 Å². The van der Waals surface area contributed by atoms with Crippen molar-refractivity contribution in [1.82, 2.24) is 15.5 Å². The van der Waals surface area contributed by atoms with E-state index in [1.807, 2.05) is 0 Å². The number of halogens is 1. The van der Waals surface area contributed by atoms with E-state index < -0.39 is 5.50 Å². The molecule has 0 bridgehead atoms. The fourth-order valence-electron chi connectivity index (χ4n) is 3.77. The molecule has 2 amide bonds. The number of amides is 2. The zero-order valence-corrected chi connectivity index (χ0v) is 15.2. The standard InChI is InChI=1S/C19H22FN3O2S/c1-2-9-23(11-12-3-6-14(20)7-4-12)18(25)13-5-8-15-16(10-13)21-19(26)22-17(15)24/h1,3-4,6-7,13,15-16,19,21,26H,5,8-11H2,(H,22,24). The molecule has 138 valence electrons. The van der Waals surface area contributed by atoms with Crippen molar-refractivity contribution in [2.75, 3.05) is 6.54 Å². The predicted molar refractivity (Wildman–Crippen MR) is 99.3 cm³/mol. The van der Waals surface area contributed by atoms with Crippen molar-refractivity contribution < 1.29 is 14.0 Å². The van der Waals surface area contributed by atoms with Crippen molar-refractivity contribution in [3.63, 3.8) is 0 Å². The third-order valence-corrected chi connectivity index (χ3v) is 5.35. The van der Waals surface area contributed by atoms with Gasteiger partial charge in [-0.3, -0.25) is 14.9 Å². The first-order chi connectivity index (χ1) is 12.5. The molecule has 3 rings (SSSR count). The molecule has 2 aliphatic rings. The van der Waals surface area contributed by atoms with E-state index in [2.05, 4.69) is 29.2 Å². The van der Waals surface area contributed by atoms with Crippen LogP contribution >= 0.6 is 12.6 Å². The van der Waals surface area contributed by atoms with E-state index in [0.29, 0.717) is 25.8 Å². The van der Waals surface area contributed by atoms with Crippen LogP contribution in [0.15, 0.2) is 24.3 Å². The molecule has 4 atom stereocenters. The Hall–Kier alpha value is -2.04. The highest BCUT2D eigenvalue weighted by molar-refractivity contribution is 7.80. The van der Waals surface area contributed by atoms with Gasteiger partial charge in [-0.05, 0) is 37.0 Å². The average Bonchev–Trinajstić information content (AvgIpc) is 2.62. The number of hydrogen-bond acceptors (Lipinski definition) is 4. The second kappa shape index (κ2) is 8.11. The Kier molecular flexibility index (Phi) is 5.84. The molecule has 0 radical (unpaired) electrons. The Morgan fingerprint density at radius 1 is 1.35 bits per heavy atom. The molecule has 0 aromatic heterocycles. The van der Waals surface area contributed by atoms with E-state index in [-0.39, 0.29) is 42.1 Å². The van der Waals surface area contributed by atoms with Crippen molar-refractivity contribution in [1.29, 1.82) is 0 Å². The third-order valence-electron chi connectivity index (χ3n) is 5.07. The number of nitrogens with one attached hydrogen (secondary N) is 2. The summed E-state index contributed by atoms with van der Waals surface area (Å²) in [6, 6.07) is 5.99. The molecule has 1 aliphatic carbocycles. The van der Waals surface area contributed by atoms with E-state index in [0.717, 1.165) is 5.56 Å². The minimum Gasteiger partial charge on any atom is -0.332 e. The Bertz CT molecular complexity index is 718. The van der Waals surface area contributed by atoms with E-state index >= 15 is 0 Å². The molecule has 7 heteroatoms. The van der Waals surface area contributed by atoms with Crippen LogP contribution in [0, 0.1) is 30.0 Å². The monoisotopic (exact) mass is 375 g/mol. The van der Waals surface area contributed by atoms with Crippen LogP contribution in [0.1, 0.15) is 24.8 Å². The molecule has 2 fully saturated rings. The minimum absolute atomic E-state index is 0.00792. The third kappa shape index (κ3) is 4.19. The highest BCUT2D eigenvalue weighted by Gasteiger charge is 2.42. The molecule has 1 aromatic carbocycles. The minimum atomic E-state index is -0.390. The summed E-state index contributed by atoms with van der Waals surface area (Å²) in [6.07, 6.45) is 7.32. The summed E-state index contributed by atoms with van der Waals surface area (Å²) in [5.74, 6) is 1.87. The molecule has 26 heavy (non-hydrogen) atoms. The van der Waals surface area contributed by atoms with Crippen LogP contribution in [-0.4, -0.2) is 34.8 Å². The number of fused-ring (bicyclic) bond motifs is 1. The second-order valence-corrected chi connectivity index (χ2v) is 7.34. The summed E-state index contributed by atoms with van der Waals surface area (Å²) in [5.41, 5.74) is 0.438. The number of nitrogens with zero attached hydrogens (tertiary/aromatic N) is 1. The summed E-state index contributed by atoms with van der Waals surface area (Å²) in [5, 5.41) is 6.00. The first-order valence-corrected chi connectivity index (χ1v) is 9.20. The number of carbonyl (C=O) groups is 2. The SMILES string of the molecule is C#CCN(Cc1ccc(F)cc1)C(=O)C1CCC2C(=O)NC(S)NC2C1. The molecular weight excluding hydrogens is 353 g/mol. The largest absolute Gasteiger partial charge is 0.332 e. The lowest BCUT2D eigenvalue weighted by Crippen LogP contribution is -2.61. The van der Waals surface area contributed by atoms with Crippen molar-refractivity contribution >= 4 is 24.4 Å². The summed E-state index contributed by atoms with van der Waals surface area (Å²) < 4.78 is 13.1. The Morgan fingerprint density at radius 2 is 2.08 bits per heavy atom. The number of hydrogen-bond donors (Lipinski definition) is 3. The second-order valence-electron chi connectivity index (χ2n) is 6.83. The van der Waals surface area contributed by atoms with Crippen molar-refractivity contribution in [3.8, 4) is 12.3 Å². The zero-order valence-electron chi connectivity index (χ0n) is 14.3. The number of benzene rings is 1. The van der Waals surface area contributed by atoms with E-state index in [1.54, 1.807) is 17.0 Å². The first kappa shape index (κ1) is 18.7. The van der Waals surface area contributed by atoms with Gasteiger partial charge in [0.1, 0.15) is 11.3 Å². The molecule has 1 aromatic rings. The zero-order chi connectivity index (χ0) is 18.7. The lowest BCUT2D eigenvalue weighted by atomic mass is 9.76. The topological polar surface area (TPSA) is 61.4 Å². The molecule has 2 N–H and O–H groups in total. The van der Waals surface area contributed by atoms with Crippen LogP contribution in [0.5, 0.6) is 0 Å². The van der Waals surface area contributed by atoms with Crippen LogP contribution in [-0.2, 0) is 16.1 Å². The van der Waals surface area contributed by atoms with Gasteiger partial charge in [0.2, 0.25) is 11.8 Å². The molecular formula is C19H22FN3O2S. The van der Waals surface area contributed by atoms with Crippen molar-refractivity contribution in [2.24, 2.45) is 11.8 Å². The molecule has 1 saturated heterocycles. The van der Waals surface area contributed by atoms with E-state index in [1.165, 1.54) is 12.1 Å². The van der Waals surface area contributed by atoms with Gasteiger partial charge < -0.3 is 10.2 Å². The highest BCUT2D eigenvalue weighted by Crippen LogP contribution is 2.33. The fourth-order valence-corrected chi connectivity index (χ4v) is 4.09. The summed E-state index contributed by atoms with van der Waals surface area (Å²) in [6.45, 7) is 0.543. The molecule has 1 aliphatic heterocycles. The highest BCUT2D eigenvalue weighted by atomic mass is 32.1. The van der Waals surface area contributed by atoms with E-state index in [4.69, 9.17) is 6.42 Å². The van der Waals surface area contributed by atoms with Crippen LogP contribution in [0.3, 0.4) is 0 Å². The van der Waals surface area contributed by atoms with Gasteiger partial charge >= 0.3 is 0 Å². The number of rotatable bonds is 4. The van der Waals surface area contributed by atoms with Crippen molar-refractivity contribution in [3.05, 3.63) is 35.6 Å². The molecule has 1 saturated carbocycles. The normalized spacial score (nSPS) is 27.8. The summed E-state index contributed by atoms with van der Waals surface area (Å²) in [7, 11) is 0. The summed E-state index contributed by atoms with van der Waals surface area (Å²) >= 11 is 4.27. The van der Waals surface area contributed by atoms with Crippen LogP contribution in [0.25, 0.3) is 0 Å². The lowest BCUT2D eigenvalue weighted by molar-refractivity contribution is -0.140. The Balaban J connectivity index is 1.68. The number of carbonyl (C=O) groups excluding carboxylic acids is 2. The molecule has 1 heterocycles. The maximum absolute atomic E-state index is 13.1. The molecule has 4 unspecified atom stereocenters. The Morgan fingerprint density at radius 3 is 2.77 bits per heavy atom. The Labute approximate surface area is 158 Å². The fraction of sp³-hybridized carbons (Fsp3) is 0.474. The van der Waals surface area contributed by atoms with Gasteiger partial charge in [0, 0.05) is 18.5 Å². The van der Waals surface area contributed by atoms with Gasteiger partial charge in [-0.15, -0.1) is 19.1 Å². The maximum atomic E-state index is 13.1. The summed E-state index contributed by atoms with van der Waals surface area (Å²) in [4.78, 5) is 26.7. The lowest BCUT2D eigenvalue weighted by Gasteiger charge is -2.41. The number of thiol groups is 1. The van der Waals surface area contributed by atoms with Gasteiger partial charge in [-0.25, -0.2) is 4.39 Å². The molecule has 0 spiro atoms. The first-order valence-electron chi connectivity index (χ1n) is 8.69. The van der Waals surface area contributed by atoms with Crippen LogP contribution < -0.4 is 10.6 Å². The van der Waals surface area contributed by atoms with Gasteiger partial charge in [-0.1, -0.05) is 18.1 Å². The van der Waals surface area contributed by atoms with Gasteiger partial charge in [0.15, 0.2) is 0 Å². The van der Waals surface area contributed by atoms with Gasteiger partial charge in [0.25, 0.3) is 0 Å². The number of terminal acetylenes is 1. The average molecular weight is 375 g/mol. The quantitative estimate of drug-likeness (QED) is 0.552. The maximum Gasteiger partial charge on any atom is 0.226 e.